The maximum Gasteiger partial charge on any atom is 0.0539 e. The maximum atomic E-state index is 4.34. The first-order chi connectivity index (χ1) is 8.83. The Kier molecular flexibility index (Phi) is 4.40. The Bertz CT molecular complexity index is 488. The SMILES string of the molecule is CCCn1cc(CNc2ccccc2CC)cn1. The van der Waals surface area contributed by atoms with E-state index in [0.717, 1.165) is 25.9 Å². The van der Waals surface area contributed by atoms with E-state index in [1.54, 1.807) is 0 Å². The van der Waals surface area contributed by atoms with E-state index in [2.05, 4.69) is 54.7 Å². The highest BCUT2D eigenvalue weighted by Gasteiger charge is 2.01. The monoisotopic (exact) mass is 243 g/mol. The topological polar surface area (TPSA) is 29.9 Å². The Hall–Kier alpha value is -1.77. The highest BCUT2D eigenvalue weighted by molar-refractivity contribution is 5.51. The van der Waals surface area contributed by atoms with Gasteiger partial charge >= 0.3 is 0 Å². The second-order valence-corrected chi connectivity index (χ2v) is 4.48. The molecule has 0 spiro atoms. The zero-order valence-corrected chi connectivity index (χ0v) is 11.2. The molecule has 0 bridgehead atoms. The Balaban J connectivity index is 1.97. The first-order valence-corrected chi connectivity index (χ1v) is 6.66. The van der Waals surface area contributed by atoms with E-state index in [1.807, 2.05) is 10.9 Å². The van der Waals surface area contributed by atoms with Crippen LogP contribution in [0.5, 0.6) is 0 Å². The summed E-state index contributed by atoms with van der Waals surface area (Å²) < 4.78 is 2.00. The molecule has 2 aromatic rings. The van der Waals surface area contributed by atoms with Crippen molar-refractivity contribution in [2.75, 3.05) is 5.32 Å². The van der Waals surface area contributed by atoms with Gasteiger partial charge in [-0.1, -0.05) is 32.0 Å². The minimum Gasteiger partial charge on any atom is -0.381 e. The number of aryl methyl sites for hydroxylation is 2. The predicted octanol–water partition coefficient (Wildman–Crippen LogP) is 3.47. The summed E-state index contributed by atoms with van der Waals surface area (Å²) in [4.78, 5) is 0. The van der Waals surface area contributed by atoms with Crippen LogP contribution in [0, 0.1) is 0 Å². The van der Waals surface area contributed by atoms with Crippen LogP contribution in [0.15, 0.2) is 36.7 Å². The molecule has 0 aliphatic rings. The molecule has 0 radical (unpaired) electrons. The Morgan fingerprint density at radius 3 is 2.83 bits per heavy atom. The molecular formula is C15H21N3. The quantitative estimate of drug-likeness (QED) is 0.842. The molecule has 1 heterocycles. The zero-order chi connectivity index (χ0) is 12.8. The van der Waals surface area contributed by atoms with Gasteiger partial charge < -0.3 is 5.32 Å². The van der Waals surface area contributed by atoms with Gasteiger partial charge in [0.05, 0.1) is 6.20 Å². The van der Waals surface area contributed by atoms with Gasteiger partial charge in [-0.25, -0.2) is 0 Å². The van der Waals surface area contributed by atoms with Crippen LogP contribution in [0.3, 0.4) is 0 Å². The number of aromatic nitrogens is 2. The van der Waals surface area contributed by atoms with Crippen molar-refractivity contribution in [3.8, 4) is 0 Å². The molecule has 2 rings (SSSR count). The average molecular weight is 243 g/mol. The van der Waals surface area contributed by atoms with Crippen LogP contribution in [0.4, 0.5) is 5.69 Å². The summed E-state index contributed by atoms with van der Waals surface area (Å²) in [6, 6.07) is 8.46. The number of para-hydroxylation sites is 1. The van der Waals surface area contributed by atoms with Crippen LogP contribution >= 0.6 is 0 Å². The Morgan fingerprint density at radius 1 is 1.22 bits per heavy atom. The third-order valence-corrected chi connectivity index (χ3v) is 3.02. The van der Waals surface area contributed by atoms with Crippen molar-refractivity contribution in [1.82, 2.24) is 9.78 Å². The third-order valence-electron chi connectivity index (χ3n) is 3.02. The molecule has 0 saturated heterocycles. The van der Waals surface area contributed by atoms with Crippen molar-refractivity contribution < 1.29 is 0 Å². The number of hydrogen-bond donors (Lipinski definition) is 1. The van der Waals surface area contributed by atoms with E-state index < -0.39 is 0 Å². The van der Waals surface area contributed by atoms with Crippen LogP contribution < -0.4 is 5.32 Å². The largest absolute Gasteiger partial charge is 0.381 e. The standard InChI is InChI=1S/C15H21N3/c1-3-9-18-12-13(11-17-18)10-16-15-8-6-5-7-14(15)4-2/h5-8,11-12,16H,3-4,9-10H2,1-2H3. The highest BCUT2D eigenvalue weighted by atomic mass is 15.3. The van der Waals surface area contributed by atoms with Crippen LogP contribution in [0.25, 0.3) is 0 Å². The lowest BCUT2D eigenvalue weighted by atomic mass is 10.1. The first kappa shape index (κ1) is 12.7. The summed E-state index contributed by atoms with van der Waals surface area (Å²) in [5.74, 6) is 0. The van der Waals surface area contributed by atoms with E-state index in [-0.39, 0.29) is 0 Å². The van der Waals surface area contributed by atoms with Crippen LogP contribution in [-0.4, -0.2) is 9.78 Å². The van der Waals surface area contributed by atoms with Gasteiger partial charge in [-0.2, -0.15) is 5.10 Å². The molecule has 96 valence electrons. The summed E-state index contributed by atoms with van der Waals surface area (Å²) in [7, 11) is 0. The van der Waals surface area contributed by atoms with Gasteiger partial charge in [0.15, 0.2) is 0 Å². The molecule has 1 aromatic carbocycles. The van der Waals surface area contributed by atoms with Crippen molar-refractivity contribution in [1.29, 1.82) is 0 Å². The minimum absolute atomic E-state index is 0.834. The average Bonchev–Trinajstić information content (AvgIpc) is 2.85. The normalized spacial score (nSPS) is 10.6. The molecule has 3 nitrogen and oxygen atoms in total. The number of anilines is 1. The summed E-state index contributed by atoms with van der Waals surface area (Å²) >= 11 is 0. The second kappa shape index (κ2) is 6.24. The van der Waals surface area contributed by atoms with E-state index >= 15 is 0 Å². The van der Waals surface area contributed by atoms with Crippen molar-refractivity contribution in [3.63, 3.8) is 0 Å². The smallest absolute Gasteiger partial charge is 0.0539 e. The molecule has 0 unspecified atom stereocenters. The van der Waals surface area contributed by atoms with Gasteiger partial charge in [0.1, 0.15) is 0 Å². The summed E-state index contributed by atoms with van der Waals surface area (Å²) in [6.45, 7) is 6.17. The summed E-state index contributed by atoms with van der Waals surface area (Å²) in [5.41, 5.74) is 3.82. The molecule has 0 aliphatic carbocycles. The molecule has 0 amide bonds. The van der Waals surface area contributed by atoms with Gasteiger partial charge in [-0.05, 0) is 24.5 Å². The molecule has 0 aliphatic heterocycles. The number of hydrogen-bond acceptors (Lipinski definition) is 2. The van der Waals surface area contributed by atoms with E-state index in [9.17, 15) is 0 Å². The van der Waals surface area contributed by atoms with Crippen LogP contribution in [0.1, 0.15) is 31.4 Å². The lowest BCUT2D eigenvalue weighted by Gasteiger charge is -2.09. The fraction of sp³-hybridized carbons (Fsp3) is 0.400. The highest BCUT2D eigenvalue weighted by Crippen LogP contribution is 2.16. The Morgan fingerprint density at radius 2 is 2.06 bits per heavy atom. The van der Waals surface area contributed by atoms with Gasteiger partial charge in [0.2, 0.25) is 0 Å². The van der Waals surface area contributed by atoms with Crippen molar-refractivity contribution in [2.24, 2.45) is 0 Å². The lowest BCUT2D eigenvalue weighted by molar-refractivity contribution is 0.602. The fourth-order valence-corrected chi connectivity index (χ4v) is 2.05. The molecule has 1 aromatic heterocycles. The maximum absolute atomic E-state index is 4.34. The van der Waals surface area contributed by atoms with Gasteiger partial charge in [-0.15, -0.1) is 0 Å². The number of nitrogens with zero attached hydrogens (tertiary/aromatic N) is 2. The fourth-order valence-electron chi connectivity index (χ4n) is 2.05. The van der Waals surface area contributed by atoms with E-state index in [1.165, 1.54) is 16.8 Å². The molecule has 1 N–H and O–H groups in total. The lowest BCUT2D eigenvalue weighted by Crippen LogP contribution is -2.01. The number of nitrogens with one attached hydrogen (secondary N) is 1. The summed E-state index contributed by atoms with van der Waals surface area (Å²) in [5, 5.41) is 7.82. The van der Waals surface area contributed by atoms with Gasteiger partial charge in [0, 0.05) is 30.5 Å². The molecule has 3 heteroatoms. The predicted molar refractivity (Wildman–Crippen MR) is 75.7 cm³/mol. The molecule has 18 heavy (non-hydrogen) atoms. The third kappa shape index (κ3) is 3.13. The van der Waals surface area contributed by atoms with E-state index in [4.69, 9.17) is 0 Å². The van der Waals surface area contributed by atoms with Crippen LogP contribution in [0.2, 0.25) is 0 Å². The molecule has 0 atom stereocenters. The van der Waals surface area contributed by atoms with Crippen molar-refractivity contribution in [2.45, 2.75) is 39.8 Å². The van der Waals surface area contributed by atoms with Crippen molar-refractivity contribution in [3.05, 3.63) is 47.8 Å². The minimum atomic E-state index is 0.834. The van der Waals surface area contributed by atoms with Gasteiger partial charge in [0.25, 0.3) is 0 Å². The molecule has 0 fully saturated rings. The second-order valence-electron chi connectivity index (χ2n) is 4.48. The van der Waals surface area contributed by atoms with E-state index in [0.29, 0.717) is 0 Å². The Labute approximate surface area is 109 Å². The first-order valence-electron chi connectivity index (χ1n) is 6.66. The van der Waals surface area contributed by atoms with Crippen molar-refractivity contribution >= 4 is 5.69 Å². The number of rotatable bonds is 6. The zero-order valence-electron chi connectivity index (χ0n) is 11.2. The summed E-state index contributed by atoms with van der Waals surface area (Å²) in [6.07, 6.45) is 6.23. The molecular weight excluding hydrogens is 222 g/mol. The number of benzene rings is 1. The molecule has 0 saturated carbocycles. The van der Waals surface area contributed by atoms with Gasteiger partial charge in [-0.3, -0.25) is 4.68 Å². The van der Waals surface area contributed by atoms with Crippen LogP contribution in [-0.2, 0) is 19.5 Å².